The molecule has 0 unspecified atom stereocenters. The molecule has 13 nitrogen and oxygen atoms in total. The summed E-state index contributed by atoms with van der Waals surface area (Å²) in [6.07, 6.45) is 6.71. The minimum atomic E-state index is -0.389. The van der Waals surface area contributed by atoms with E-state index in [1.807, 2.05) is 21.2 Å². The minimum Gasteiger partial charge on any atom is -0.392 e. The average molecular weight is 626 g/mol. The summed E-state index contributed by atoms with van der Waals surface area (Å²) in [6, 6.07) is 7.59. The Morgan fingerprint density at radius 1 is 1.13 bits per heavy atom. The van der Waals surface area contributed by atoms with E-state index in [1.165, 1.54) is 9.25 Å². The molecule has 0 saturated heterocycles. The summed E-state index contributed by atoms with van der Waals surface area (Å²) < 4.78 is 11.9. The van der Waals surface area contributed by atoms with E-state index in [4.69, 9.17) is 9.84 Å². The number of aliphatic hydroxyl groups excluding tert-OH is 1. The van der Waals surface area contributed by atoms with Gasteiger partial charge < -0.3 is 19.7 Å². The van der Waals surface area contributed by atoms with Gasteiger partial charge in [-0.2, -0.15) is 14.9 Å². The van der Waals surface area contributed by atoms with Crippen LogP contribution in [-0.4, -0.2) is 70.3 Å². The van der Waals surface area contributed by atoms with Gasteiger partial charge in [0.15, 0.2) is 11.6 Å². The van der Waals surface area contributed by atoms with Gasteiger partial charge in [-0.05, 0) is 54.5 Å². The maximum absolute atomic E-state index is 13.7. The van der Waals surface area contributed by atoms with Crippen LogP contribution in [0.5, 0.6) is 0 Å². The second kappa shape index (κ2) is 11.3. The van der Waals surface area contributed by atoms with Gasteiger partial charge in [-0.15, -0.1) is 0 Å². The van der Waals surface area contributed by atoms with Gasteiger partial charge in [0.05, 0.1) is 25.5 Å². The Kier molecular flexibility index (Phi) is 7.41. The van der Waals surface area contributed by atoms with E-state index in [0.29, 0.717) is 40.3 Å². The first-order valence-electron chi connectivity index (χ1n) is 15.6. The Morgan fingerprint density at radius 2 is 1.96 bits per heavy atom. The van der Waals surface area contributed by atoms with Gasteiger partial charge in [-0.3, -0.25) is 23.6 Å². The third kappa shape index (κ3) is 5.04. The van der Waals surface area contributed by atoms with Crippen molar-refractivity contribution >= 4 is 17.0 Å². The predicted octanol–water partition coefficient (Wildman–Crippen LogP) is 2.83. The Labute approximate surface area is 265 Å². The minimum absolute atomic E-state index is 0.144. The summed E-state index contributed by atoms with van der Waals surface area (Å²) in [4.78, 5) is 33.8. The number of fused-ring (bicyclic) bond motifs is 4. The fourth-order valence-electron chi connectivity index (χ4n) is 7.02. The third-order valence-corrected chi connectivity index (χ3v) is 9.36. The first-order valence-corrected chi connectivity index (χ1v) is 15.6. The zero-order valence-corrected chi connectivity index (χ0v) is 26.8. The number of hydrogen-bond acceptors (Lipinski definition) is 9. The van der Waals surface area contributed by atoms with E-state index in [1.54, 1.807) is 45.0 Å². The summed E-state index contributed by atoms with van der Waals surface area (Å²) in [7, 11) is 3.38. The van der Waals surface area contributed by atoms with Crippen LogP contribution in [0.1, 0.15) is 49.3 Å². The zero-order valence-electron chi connectivity index (χ0n) is 26.8. The van der Waals surface area contributed by atoms with E-state index in [-0.39, 0.29) is 35.0 Å². The molecule has 2 aliphatic rings. The molecule has 1 aliphatic carbocycles. The maximum atomic E-state index is 13.7. The van der Waals surface area contributed by atoms with E-state index in [9.17, 15) is 14.7 Å². The highest BCUT2D eigenvalue weighted by Gasteiger charge is 2.32. The molecule has 1 aliphatic heterocycles. The Hall–Kier alpha value is -4.59. The van der Waals surface area contributed by atoms with Gasteiger partial charge in [0.2, 0.25) is 0 Å². The quantitative estimate of drug-likeness (QED) is 0.267. The first kappa shape index (κ1) is 30.1. The van der Waals surface area contributed by atoms with Gasteiger partial charge in [0.25, 0.3) is 11.1 Å². The van der Waals surface area contributed by atoms with Crippen molar-refractivity contribution in [3.8, 4) is 16.9 Å². The number of nitrogens with zero attached hydrogens (tertiary/aromatic N) is 8. The number of hydrogen-bond donors (Lipinski definition) is 2. The summed E-state index contributed by atoms with van der Waals surface area (Å²) >= 11 is 0. The van der Waals surface area contributed by atoms with Crippen LogP contribution in [-0.2, 0) is 37.8 Å². The molecule has 0 amide bonds. The van der Waals surface area contributed by atoms with Gasteiger partial charge in [-0.25, -0.2) is 4.98 Å². The van der Waals surface area contributed by atoms with Crippen LogP contribution in [0.25, 0.3) is 22.5 Å². The van der Waals surface area contributed by atoms with Crippen molar-refractivity contribution < 1.29 is 9.84 Å². The lowest BCUT2D eigenvalue weighted by atomic mass is 9.90. The topological polar surface area (TPSA) is 137 Å². The molecule has 240 valence electrons. The van der Waals surface area contributed by atoms with E-state index < -0.39 is 0 Å². The summed E-state index contributed by atoms with van der Waals surface area (Å²) in [5.74, 6) is 0.820. The van der Waals surface area contributed by atoms with E-state index in [2.05, 4.69) is 41.1 Å². The molecule has 0 saturated carbocycles. The molecule has 13 heteroatoms. The molecular formula is C33H39N9O4. The van der Waals surface area contributed by atoms with Crippen LogP contribution in [0.15, 0.2) is 52.6 Å². The first-order chi connectivity index (χ1) is 22.1. The smallest absolute Gasteiger partial charge is 0.297 e. The summed E-state index contributed by atoms with van der Waals surface area (Å²) in [6.45, 7) is 9.29. The lowest BCUT2D eigenvalue weighted by Gasteiger charge is -2.33. The highest BCUT2D eigenvalue weighted by Crippen LogP contribution is 2.37. The Morgan fingerprint density at radius 3 is 2.74 bits per heavy atom. The van der Waals surface area contributed by atoms with E-state index >= 15 is 0 Å². The van der Waals surface area contributed by atoms with Crippen LogP contribution >= 0.6 is 0 Å². The average Bonchev–Trinajstić information content (AvgIpc) is 3.69. The largest absolute Gasteiger partial charge is 0.392 e. The molecule has 0 fully saturated rings. The molecule has 0 spiro atoms. The van der Waals surface area contributed by atoms with Crippen molar-refractivity contribution in [1.82, 2.24) is 38.4 Å². The van der Waals surface area contributed by atoms with Crippen LogP contribution < -0.4 is 16.4 Å². The number of nitrogens with one attached hydrogen (secondary N) is 1. The summed E-state index contributed by atoms with van der Waals surface area (Å²) in [5, 5.41) is 23.1. The molecular weight excluding hydrogens is 586 g/mol. The van der Waals surface area contributed by atoms with Crippen molar-refractivity contribution in [2.24, 2.45) is 12.5 Å². The van der Waals surface area contributed by atoms with Crippen LogP contribution in [0.4, 0.5) is 11.5 Å². The number of methoxy groups -OCH3 is 1. The van der Waals surface area contributed by atoms with Crippen LogP contribution in [0.2, 0.25) is 0 Å². The Bertz CT molecular complexity index is 2090. The molecule has 7 rings (SSSR count). The van der Waals surface area contributed by atoms with Crippen LogP contribution in [0, 0.1) is 5.41 Å². The van der Waals surface area contributed by atoms with Crippen molar-refractivity contribution in [3.63, 3.8) is 0 Å². The van der Waals surface area contributed by atoms with Gasteiger partial charge in [0, 0.05) is 68.6 Å². The zero-order chi connectivity index (χ0) is 32.3. The highest BCUT2D eigenvalue weighted by molar-refractivity contribution is 5.73. The van der Waals surface area contributed by atoms with Gasteiger partial charge in [-0.1, -0.05) is 13.8 Å². The monoisotopic (exact) mass is 625 g/mol. The molecule has 0 aromatic carbocycles. The molecule has 0 radical (unpaired) electrons. The molecule has 6 heterocycles. The van der Waals surface area contributed by atoms with Gasteiger partial charge in [0.1, 0.15) is 17.5 Å². The summed E-state index contributed by atoms with van der Waals surface area (Å²) in [5.41, 5.74) is 5.53. The predicted molar refractivity (Wildman–Crippen MR) is 174 cm³/mol. The van der Waals surface area contributed by atoms with Crippen LogP contribution in [0.3, 0.4) is 0 Å². The number of ether oxygens (including phenoxy) is 1. The van der Waals surface area contributed by atoms with Gasteiger partial charge >= 0.3 is 0 Å². The lowest BCUT2D eigenvalue weighted by Crippen LogP contribution is -2.38. The third-order valence-electron chi connectivity index (χ3n) is 9.36. The number of pyridine rings is 2. The lowest BCUT2D eigenvalue weighted by molar-refractivity contribution is 0.104. The molecule has 5 aromatic rings. The number of aryl methyl sites for hydroxylation is 1. The number of aromatic nitrogens is 7. The number of aliphatic hydroxyl groups is 1. The second-order valence-electron chi connectivity index (χ2n) is 13.1. The standard InChI is InChI=1S/C33H39N9O4/c1-20-26-14-29(37-41(26)9-8-39(20)10-11-46-5)36-25-12-22(17-38(4)31(25)44)23-6-7-34-30(24(23)18-43)42-32(45)27-13-21-15-33(2,3)16-28(21)40(27)19-35-42/h6-7,12-14,17,19-20,43H,8-11,15-16,18H2,1-5H3,(H,36,37)/t20-/m1/s1. The van der Waals surface area contributed by atoms with E-state index in [0.717, 1.165) is 49.4 Å². The molecule has 1 atom stereocenters. The normalized spacial score (nSPS) is 17.4. The highest BCUT2D eigenvalue weighted by atomic mass is 16.5. The Balaban J connectivity index is 1.24. The molecule has 2 N–H and O–H groups in total. The second-order valence-corrected chi connectivity index (χ2v) is 13.1. The fourth-order valence-corrected chi connectivity index (χ4v) is 7.02. The fraction of sp³-hybridized carbons (Fsp3) is 0.424. The number of rotatable bonds is 8. The van der Waals surface area contributed by atoms with Crippen molar-refractivity contribution in [2.45, 2.75) is 52.8 Å². The van der Waals surface area contributed by atoms with Crippen molar-refractivity contribution in [2.75, 3.05) is 32.1 Å². The molecule has 46 heavy (non-hydrogen) atoms. The SMILES string of the molecule is COCCN1CCn2nc(Nc3cc(-c4ccnc(-n5ncn6c7c(cc6c5=O)CC(C)(C)C7)c4CO)cn(C)c3=O)cc2[C@H]1C. The number of anilines is 2. The van der Waals surface area contributed by atoms with Crippen molar-refractivity contribution in [3.05, 3.63) is 86.2 Å². The maximum Gasteiger partial charge on any atom is 0.297 e. The molecule has 0 bridgehead atoms. The van der Waals surface area contributed by atoms with Crippen molar-refractivity contribution in [1.29, 1.82) is 0 Å². The molecule has 5 aromatic heterocycles.